The van der Waals surface area contributed by atoms with Crippen molar-refractivity contribution in [1.29, 1.82) is 0 Å². The highest BCUT2D eigenvalue weighted by Gasteiger charge is 2.41. The van der Waals surface area contributed by atoms with Gasteiger partial charge in [0.25, 0.3) is 11.8 Å². The molecular weight excluding hydrogens is 444 g/mol. The van der Waals surface area contributed by atoms with Crippen LogP contribution in [-0.2, 0) is 9.59 Å². The highest BCUT2D eigenvalue weighted by atomic mass is 35.5. The molecule has 5 heteroatoms. The predicted molar refractivity (Wildman–Crippen MR) is 139 cm³/mol. The van der Waals surface area contributed by atoms with Crippen LogP contribution in [0.25, 0.3) is 16.3 Å². The number of anilines is 2. The molecule has 1 N–H and O–H groups in total. The highest BCUT2D eigenvalue weighted by Crippen LogP contribution is 2.37. The van der Waals surface area contributed by atoms with Crippen LogP contribution in [0.1, 0.15) is 22.3 Å². The fourth-order valence-corrected chi connectivity index (χ4v) is 4.43. The van der Waals surface area contributed by atoms with Crippen LogP contribution < -0.4 is 10.2 Å². The largest absolute Gasteiger partial charge is 0.350 e. The van der Waals surface area contributed by atoms with E-state index in [1.807, 2.05) is 93.6 Å². The summed E-state index contributed by atoms with van der Waals surface area (Å²) in [6, 6.07) is 24.7. The highest BCUT2D eigenvalue weighted by molar-refractivity contribution is 6.47. The molecule has 4 nitrogen and oxygen atoms in total. The molecule has 1 aliphatic rings. The van der Waals surface area contributed by atoms with E-state index < -0.39 is 5.91 Å². The standard InChI is InChI=1S/C29H23ClN2O2/c1-17-11-13-21(15-19(17)3)26-27(31-22-14-12-18(2)24(30)16-22)29(34)32(28(26)33)25-10-6-8-20-7-4-5-9-23(20)25/h4-16,31H,1-3H3. The van der Waals surface area contributed by atoms with E-state index in [4.69, 9.17) is 11.6 Å². The minimum atomic E-state index is -0.397. The Morgan fingerprint density at radius 1 is 0.735 bits per heavy atom. The van der Waals surface area contributed by atoms with Crippen molar-refractivity contribution >= 4 is 51.1 Å². The summed E-state index contributed by atoms with van der Waals surface area (Å²) in [7, 11) is 0. The van der Waals surface area contributed by atoms with Crippen LogP contribution in [0.5, 0.6) is 0 Å². The number of benzene rings is 4. The van der Waals surface area contributed by atoms with Gasteiger partial charge in [0.15, 0.2) is 0 Å². The molecule has 1 aliphatic heterocycles. The maximum Gasteiger partial charge on any atom is 0.282 e. The van der Waals surface area contributed by atoms with Gasteiger partial charge in [-0.25, -0.2) is 4.90 Å². The number of hydrogen-bond acceptors (Lipinski definition) is 3. The SMILES string of the molecule is Cc1ccc(C2=C(Nc3ccc(C)c(Cl)c3)C(=O)N(c3cccc4ccccc34)C2=O)cc1C. The van der Waals surface area contributed by atoms with Crippen LogP contribution in [0.2, 0.25) is 5.02 Å². The van der Waals surface area contributed by atoms with E-state index >= 15 is 0 Å². The molecule has 4 aromatic carbocycles. The van der Waals surface area contributed by atoms with Gasteiger partial charge in [-0.1, -0.05) is 72.3 Å². The van der Waals surface area contributed by atoms with Crippen molar-refractivity contribution in [2.75, 3.05) is 10.2 Å². The normalized spacial score (nSPS) is 13.8. The number of rotatable bonds is 4. The quantitative estimate of drug-likeness (QED) is 0.336. The Bertz CT molecular complexity index is 1510. The van der Waals surface area contributed by atoms with Crippen LogP contribution in [-0.4, -0.2) is 11.8 Å². The van der Waals surface area contributed by atoms with Crippen molar-refractivity contribution in [3.8, 4) is 0 Å². The average molecular weight is 467 g/mol. The number of carbonyl (C=O) groups excluding carboxylic acids is 2. The van der Waals surface area contributed by atoms with Gasteiger partial charge >= 0.3 is 0 Å². The van der Waals surface area contributed by atoms with E-state index in [-0.39, 0.29) is 11.6 Å². The summed E-state index contributed by atoms with van der Waals surface area (Å²) in [6.45, 7) is 5.93. The number of amides is 2. The zero-order valence-electron chi connectivity index (χ0n) is 19.1. The van der Waals surface area contributed by atoms with E-state index in [1.54, 1.807) is 6.07 Å². The average Bonchev–Trinajstić information content (AvgIpc) is 3.07. The van der Waals surface area contributed by atoms with Crippen LogP contribution in [0.15, 0.2) is 84.6 Å². The first-order valence-corrected chi connectivity index (χ1v) is 11.4. The first-order valence-electron chi connectivity index (χ1n) is 11.1. The number of hydrogen-bond donors (Lipinski definition) is 1. The third-order valence-corrected chi connectivity index (χ3v) is 6.74. The van der Waals surface area contributed by atoms with Gasteiger partial charge in [-0.3, -0.25) is 9.59 Å². The minimum Gasteiger partial charge on any atom is -0.350 e. The molecule has 168 valence electrons. The number of carbonyl (C=O) groups is 2. The van der Waals surface area contributed by atoms with Gasteiger partial charge in [-0.05, 0) is 66.6 Å². The summed E-state index contributed by atoms with van der Waals surface area (Å²) in [5, 5.41) is 5.58. The summed E-state index contributed by atoms with van der Waals surface area (Å²) in [6.07, 6.45) is 0. The molecule has 0 unspecified atom stereocenters. The second kappa shape index (κ2) is 8.47. The molecule has 0 atom stereocenters. The van der Waals surface area contributed by atoms with Gasteiger partial charge in [-0.2, -0.15) is 0 Å². The Hall–Kier alpha value is -3.89. The molecule has 0 saturated heterocycles. The number of halogens is 1. The smallest absolute Gasteiger partial charge is 0.282 e. The summed E-state index contributed by atoms with van der Waals surface area (Å²) in [5.41, 5.74) is 5.59. The third kappa shape index (κ3) is 3.66. The van der Waals surface area contributed by atoms with E-state index in [1.165, 1.54) is 4.90 Å². The summed E-state index contributed by atoms with van der Waals surface area (Å²) in [5.74, 6) is -0.753. The topological polar surface area (TPSA) is 49.4 Å². The summed E-state index contributed by atoms with van der Waals surface area (Å²) in [4.78, 5) is 28.9. The third-order valence-electron chi connectivity index (χ3n) is 6.33. The molecule has 0 aromatic heterocycles. The number of nitrogens with one attached hydrogen (secondary N) is 1. The van der Waals surface area contributed by atoms with E-state index in [2.05, 4.69) is 5.32 Å². The summed E-state index contributed by atoms with van der Waals surface area (Å²) < 4.78 is 0. The van der Waals surface area contributed by atoms with E-state index in [9.17, 15) is 9.59 Å². The predicted octanol–water partition coefficient (Wildman–Crippen LogP) is 6.82. The lowest BCUT2D eigenvalue weighted by Crippen LogP contribution is -2.32. The maximum absolute atomic E-state index is 13.9. The molecule has 4 aromatic rings. The van der Waals surface area contributed by atoms with Crippen molar-refractivity contribution in [2.24, 2.45) is 0 Å². The van der Waals surface area contributed by atoms with Crippen LogP contribution in [0.4, 0.5) is 11.4 Å². The molecular formula is C29H23ClN2O2. The zero-order valence-corrected chi connectivity index (χ0v) is 19.9. The second-order valence-electron chi connectivity index (χ2n) is 8.58. The number of imide groups is 1. The Morgan fingerprint density at radius 2 is 1.47 bits per heavy atom. The molecule has 0 aliphatic carbocycles. The monoisotopic (exact) mass is 466 g/mol. The number of nitrogens with zero attached hydrogens (tertiary/aromatic N) is 1. The lowest BCUT2D eigenvalue weighted by molar-refractivity contribution is -0.120. The molecule has 0 bridgehead atoms. The van der Waals surface area contributed by atoms with Crippen LogP contribution >= 0.6 is 11.6 Å². The molecule has 0 spiro atoms. The van der Waals surface area contributed by atoms with Gasteiger partial charge in [-0.15, -0.1) is 0 Å². The van der Waals surface area contributed by atoms with Gasteiger partial charge < -0.3 is 5.32 Å². The van der Waals surface area contributed by atoms with E-state index in [0.29, 0.717) is 27.5 Å². The Kier molecular flexibility index (Phi) is 5.46. The maximum atomic E-state index is 13.9. The van der Waals surface area contributed by atoms with Crippen molar-refractivity contribution < 1.29 is 9.59 Å². The van der Waals surface area contributed by atoms with Gasteiger partial charge in [0.1, 0.15) is 5.70 Å². The van der Waals surface area contributed by atoms with Gasteiger partial charge in [0.05, 0.1) is 11.3 Å². The van der Waals surface area contributed by atoms with Crippen molar-refractivity contribution in [2.45, 2.75) is 20.8 Å². The molecule has 1 heterocycles. The zero-order chi connectivity index (χ0) is 24.0. The molecule has 2 amide bonds. The lowest BCUT2D eigenvalue weighted by atomic mass is 9.99. The molecule has 0 fully saturated rings. The first-order chi connectivity index (χ1) is 16.3. The van der Waals surface area contributed by atoms with Gasteiger partial charge in [0.2, 0.25) is 0 Å². The summed E-state index contributed by atoms with van der Waals surface area (Å²) >= 11 is 6.33. The van der Waals surface area contributed by atoms with Crippen molar-refractivity contribution in [3.63, 3.8) is 0 Å². The van der Waals surface area contributed by atoms with Gasteiger partial charge in [0, 0.05) is 16.1 Å². The van der Waals surface area contributed by atoms with Crippen molar-refractivity contribution in [1.82, 2.24) is 0 Å². The van der Waals surface area contributed by atoms with Crippen LogP contribution in [0, 0.1) is 20.8 Å². The first kappa shape index (κ1) is 21.9. The lowest BCUT2D eigenvalue weighted by Gasteiger charge is -2.18. The Balaban J connectivity index is 1.68. The second-order valence-corrected chi connectivity index (χ2v) is 8.99. The van der Waals surface area contributed by atoms with Crippen molar-refractivity contribution in [3.05, 3.63) is 112 Å². The molecule has 34 heavy (non-hydrogen) atoms. The fraction of sp³-hybridized carbons (Fsp3) is 0.103. The molecule has 5 rings (SSSR count). The molecule has 0 saturated carbocycles. The van der Waals surface area contributed by atoms with E-state index in [0.717, 1.165) is 27.5 Å². The number of fused-ring (bicyclic) bond motifs is 1. The Morgan fingerprint density at radius 3 is 2.24 bits per heavy atom. The Labute approximate surface area is 203 Å². The van der Waals surface area contributed by atoms with Crippen LogP contribution in [0.3, 0.4) is 0 Å². The molecule has 0 radical (unpaired) electrons. The fourth-order valence-electron chi connectivity index (χ4n) is 4.25. The number of aryl methyl sites for hydroxylation is 3. The minimum absolute atomic E-state index is 0.237.